The molecule has 27 heavy (non-hydrogen) atoms. The number of halogens is 2. The van der Waals surface area contributed by atoms with E-state index in [0.717, 1.165) is 31.6 Å². The molecule has 7 heteroatoms. The third-order valence-corrected chi connectivity index (χ3v) is 6.29. The zero-order valence-electron chi connectivity index (χ0n) is 16.3. The van der Waals surface area contributed by atoms with Crippen molar-refractivity contribution in [1.29, 1.82) is 0 Å². The number of guanidine groups is 1. The van der Waals surface area contributed by atoms with Gasteiger partial charge in [-0.05, 0) is 69.6 Å². The van der Waals surface area contributed by atoms with Crippen LogP contribution < -0.4 is 11.1 Å². The molecule has 2 aliphatic rings. The third kappa shape index (κ3) is 4.92. The van der Waals surface area contributed by atoms with Gasteiger partial charge in [-0.3, -0.25) is 14.8 Å². The van der Waals surface area contributed by atoms with Gasteiger partial charge in [-0.2, -0.15) is 0 Å². The number of nitrogens with zero attached hydrogens (tertiary/aromatic N) is 3. The summed E-state index contributed by atoms with van der Waals surface area (Å²) in [4.78, 5) is 9.32. The van der Waals surface area contributed by atoms with E-state index in [-0.39, 0.29) is 16.9 Å². The molecule has 3 atom stereocenters. The number of likely N-dealkylation sites (N-methyl/N-ethyl adjacent to an activating group) is 1. The smallest absolute Gasteiger partial charge is 0.188 e. The van der Waals surface area contributed by atoms with E-state index in [4.69, 9.17) is 17.3 Å². The van der Waals surface area contributed by atoms with Crippen molar-refractivity contribution in [2.24, 2.45) is 16.6 Å². The Morgan fingerprint density at radius 2 is 2.19 bits per heavy atom. The Balaban J connectivity index is 1.58. The molecule has 150 valence electrons. The number of likely N-dealkylation sites (tertiary alicyclic amines) is 2. The van der Waals surface area contributed by atoms with Gasteiger partial charge < -0.3 is 11.1 Å². The number of benzene rings is 1. The molecule has 3 rings (SSSR count). The lowest BCUT2D eigenvalue weighted by atomic mass is 9.94. The number of aliphatic imine (C=N–C) groups is 1. The Morgan fingerprint density at radius 3 is 2.93 bits per heavy atom. The molecule has 0 amide bonds. The topological polar surface area (TPSA) is 56.9 Å². The summed E-state index contributed by atoms with van der Waals surface area (Å²) < 4.78 is 13.9. The van der Waals surface area contributed by atoms with E-state index in [1.54, 1.807) is 12.1 Å². The monoisotopic (exact) mass is 395 g/mol. The molecule has 3 unspecified atom stereocenters. The van der Waals surface area contributed by atoms with Gasteiger partial charge >= 0.3 is 0 Å². The quantitative estimate of drug-likeness (QED) is 0.574. The average Bonchev–Trinajstić information content (AvgIpc) is 3.26. The van der Waals surface area contributed by atoms with E-state index in [0.29, 0.717) is 24.5 Å². The predicted octanol–water partition coefficient (Wildman–Crippen LogP) is 2.86. The van der Waals surface area contributed by atoms with E-state index < -0.39 is 0 Å². The van der Waals surface area contributed by atoms with E-state index in [1.807, 2.05) is 6.07 Å². The second-order valence-electron chi connectivity index (χ2n) is 7.68. The van der Waals surface area contributed by atoms with Crippen LogP contribution in [0.5, 0.6) is 0 Å². The lowest BCUT2D eigenvalue weighted by Gasteiger charge is -2.25. The first-order valence-electron chi connectivity index (χ1n) is 9.92. The van der Waals surface area contributed by atoms with E-state index in [9.17, 15) is 4.39 Å². The largest absolute Gasteiger partial charge is 0.370 e. The van der Waals surface area contributed by atoms with E-state index in [1.165, 1.54) is 19.4 Å². The minimum absolute atomic E-state index is 0.138. The SMILES string of the molecule is CCN1CCCC1CNC(N)=NCC1CCN(C)C1c1ccc(Cl)c(F)c1. The standard InChI is InChI=1S/C20H31ClFN5/c1-3-27-9-4-5-16(27)13-25-20(23)24-12-15-8-10-26(2)19(15)14-6-7-17(21)18(22)11-14/h6-7,11,15-16,19H,3-5,8-10,12-13H2,1-2H3,(H3,23,24,25). The molecule has 0 radical (unpaired) electrons. The molecule has 2 fully saturated rings. The predicted molar refractivity (Wildman–Crippen MR) is 110 cm³/mol. The van der Waals surface area contributed by atoms with Gasteiger partial charge in [0.15, 0.2) is 5.96 Å². The molecule has 2 heterocycles. The normalized spacial score (nSPS) is 27.4. The highest BCUT2D eigenvalue weighted by Crippen LogP contribution is 2.37. The van der Waals surface area contributed by atoms with Gasteiger partial charge in [0, 0.05) is 25.2 Å². The van der Waals surface area contributed by atoms with Crippen LogP contribution in [0.2, 0.25) is 5.02 Å². The van der Waals surface area contributed by atoms with Crippen molar-refractivity contribution in [1.82, 2.24) is 15.1 Å². The first-order chi connectivity index (χ1) is 13.0. The van der Waals surface area contributed by atoms with Gasteiger partial charge in [0.2, 0.25) is 0 Å². The molecule has 1 aromatic rings. The van der Waals surface area contributed by atoms with Crippen molar-refractivity contribution in [3.05, 3.63) is 34.6 Å². The van der Waals surface area contributed by atoms with Crippen LogP contribution in [0.15, 0.2) is 23.2 Å². The van der Waals surface area contributed by atoms with Crippen LogP contribution in [-0.2, 0) is 0 Å². The van der Waals surface area contributed by atoms with Gasteiger partial charge in [-0.1, -0.05) is 24.6 Å². The Hall–Kier alpha value is -1.37. The molecule has 2 aliphatic heterocycles. The molecule has 1 aromatic carbocycles. The summed E-state index contributed by atoms with van der Waals surface area (Å²) in [5, 5.41) is 3.45. The fourth-order valence-electron chi connectivity index (χ4n) is 4.48. The van der Waals surface area contributed by atoms with Gasteiger partial charge in [0.1, 0.15) is 5.82 Å². The van der Waals surface area contributed by atoms with E-state index in [2.05, 4.69) is 34.1 Å². The highest BCUT2D eigenvalue weighted by molar-refractivity contribution is 6.30. The van der Waals surface area contributed by atoms with Gasteiger partial charge in [0.05, 0.1) is 5.02 Å². The Labute approximate surface area is 166 Å². The number of nitrogens with two attached hydrogens (primary N) is 1. The first kappa shape index (κ1) is 20.4. The van der Waals surface area contributed by atoms with Crippen LogP contribution >= 0.6 is 11.6 Å². The van der Waals surface area contributed by atoms with Crippen molar-refractivity contribution in [3.8, 4) is 0 Å². The zero-order valence-corrected chi connectivity index (χ0v) is 17.1. The molecule has 0 spiro atoms. The van der Waals surface area contributed by atoms with Crippen molar-refractivity contribution in [2.75, 3.05) is 39.8 Å². The molecule has 0 aromatic heterocycles. The second-order valence-corrected chi connectivity index (χ2v) is 8.09. The van der Waals surface area contributed by atoms with Crippen molar-refractivity contribution in [3.63, 3.8) is 0 Å². The summed E-state index contributed by atoms with van der Waals surface area (Å²) in [6, 6.07) is 5.78. The minimum atomic E-state index is -0.366. The molecular weight excluding hydrogens is 365 g/mol. The Bertz CT molecular complexity index is 668. The van der Waals surface area contributed by atoms with Gasteiger partial charge in [-0.15, -0.1) is 0 Å². The summed E-state index contributed by atoms with van der Waals surface area (Å²) in [6.45, 7) is 6.91. The molecule has 0 saturated carbocycles. The van der Waals surface area contributed by atoms with Crippen LogP contribution in [0.25, 0.3) is 0 Å². The molecule has 0 bridgehead atoms. The molecule has 3 N–H and O–H groups in total. The van der Waals surface area contributed by atoms with E-state index >= 15 is 0 Å². The maximum Gasteiger partial charge on any atom is 0.188 e. The third-order valence-electron chi connectivity index (χ3n) is 5.98. The summed E-state index contributed by atoms with van der Waals surface area (Å²) in [6.07, 6.45) is 3.49. The van der Waals surface area contributed by atoms with Crippen molar-refractivity contribution < 1.29 is 4.39 Å². The average molecular weight is 396 g/mol. The van der Waals surface area contributed by atoms with Crippen LogP contribution in [0, 0.1) is 11.7 Å². The summed E-state index contributed by atoms with van der Waals surface area (Å²) in [5.41, 5.74) is 7.06. The zero-order chi connectivity index (χ0) is 19.4. The van der Waals surface area contributed by atoms with Crippen LogP contribution in [0.4, 0.5) is 4.39 Å². The lowest BCUT2D eigenvalue weighted by molar-refractivity contribution is 0.267. The maximum absolute atomic E-state index is 13.9. The Kier molecular flexibility index (Phi) is 6.95. The lowest BCUT2D eigenvalue weighted by Crippen LogP contribution is -2.43. The molecule has 2 saturated heterocycles. The maximum atomic E-state index is 13.9. The van der Waals surface area contributed by atoms with Crippen LogP contribution in [0.3, 0.4) is 0 Å². The van der Waals surface area contributed by atoms with Crippen molar-refractivity contribution in [2.45, 2.75) is 38.3 Å². The number of nitrogens with one attached hydrogen (secondary N) is 1. The summed E-state index contributed by atoms with van der Waals surface area (Å²) >= 11 is 5.83. The van der Waals surface area contributed by atoms with Gasteiger partial charge in [0.25, 0.3) is 0 Å². The Morgan fingerprint density at radius 1 is 1.37 bits per heavy atom. The number of hydrogen-bond acceptors (Lipinski definition) is 3. The first-order valence-corrected chi connectivity index (χ1v) is 10.3. The number of rotatable bonds is 6. The highest BCUT2D eigenvalue weighted by Gasteiger charge is 2.33. The fraction of sp³-hybridized carbons (Fsp3) is 0.650. The number of hydrogen-bond donors (Lipinski definition) is 2. The molecule has 0 aliphatic carbocycles. The summed E-state index contributed by atoms with van der Waals surface area (Å²) in [7, 11) is 2.07. The fourth-order valence-corrected chi connectivity index (χ4v) is 4.59. The van der Waals surface area contributed by atoms with Crippen LogP contribution in [0.1, 0.15) is 37.8 Å². The minimum Gasteiger partial charge on any atom is -0.370 e. The highest BCUT2D eigenvalue weighted by atomic mass is 35.5. The summed E-state index contributed by atoms with van der Waals surface area (Å²) in [5.74, 6) is 0.457. The molecular formula is C20H31ClFN5. The van der Waals surface area contributed by atoms with Crippen molar-refractivity contribution >= 4 is 17.6 Å². The van der Waals surface area contributed by atoms with Gasteiger partial charge in [-0.25, -0.2) is 4.39 Å². The molecule has 5 nitrogen and oxygen atoms in total. The second kappa shape index (κ2) is 9.22. The van der Waals surface area contributed by atoms with Crippen LogP contribution in [-0.4, -0.2) is 61.6 Å².